The van der Waals surface area contributed by atoms with E-state index in [9.17, 15) is 4.79 Å². The van der Waals surface area contributed by atoms with E-state index in [1.165, 1.54) is 0 Å². The number of nitrogens with zero attached hydrogens (tertiary/aromatic N) is 1. The molecule has 1 aromatic rings. The lowest BCUT2D eigenvalue weighted by atomic mass is 9.93. The summed E-state index contributed by atoms with van der Waals surface area (Å²) in [4.78, 5) is 14.6. The number of nitrogens with two attached hydrogens (primary N) is 1. The third-order valence-electron chi connectivity index (χ3n) is 4.13. The molecule has 20 heavy (non-hydrogen) atoms. The van der Waals surface area contributed by atoms with E-state index in [2.05, 4.69) is 24.1 Å². The highest BCUT2D eigenvalue weighted by Gasteiger charge is 2.34. The van der Waals surface area contributed by atoms with Crippen molar-refractivity contribution in [2.45, 2.75) is 39.8 Å². The lowest BCUT2D eigenvalue weighted by molar-refractivity contribution is -0.120. The second kappa shape index (κ2) is 5.94. The lowest BCUT2D eigenvalue weighted by Gasteiger charge is -2.25. The summed E-state index contributed by atoms with van der Waals surface area (Å²) in [5.74, 6) is 0.0450. The van der Waals surface area contributed by atoms with Crippen LogP contribution in [0.15, 0.2) is 24.3 Å². The van der Waals surface area contributed by atoms with Crippen LogP contribution in [0, 0.1) is 5.41 Å². The summed E-state index contributed by atoms with van der Waals surface area (Å²) in [5.41, 5.74) is 7.80. The van der Waals surface area contributed by atoms with E-state index >= 15 is 0 Å². The topological polar surface area (TPSA) is 58.4 Å². The van der Waals surface area contributed by atoms with Crippen LogP contribution in [0.1, 0.15) is 32.8 Å². The first kappa shape index (κ1) is 15.0. The lowest BCUT2D eigenvalue weighted by Crippen LogP contribution is -2.41. The zero-order valence-corrected chi connectivity index (χ0v) is 12.6. The average Bonchev–Trinajstić information content (AvgIpc) is 2.78. The predicted octanol–water partition coefficient (Wildman–Crippen LogP) is 2.20. The van der Waals surface area contributed by atoms with E-state index in [1.807, 2.05) is 31.2 Å². The largest absolute Gasteiger partial charge is 0.326 e. The SMILES string of the molecule is CC(C(=O)Nc1ccccc1CN)N1CCC(C)(C)C1. The Morgan fingerprint density at radius 2 is 2.15 bits per heavy atom. The molecule has 3 N–H and O–H groups in total. The number of para-hydroxylation sites is 1. The number of carbonyl (C=O) groups is 1. The van der Waals surface area contributed by atoms with Crippen LogP contribution in [0.25, 0.3) is 0 Å². The van der Waals surface area contributed by atoms with Gasteiger partial charge in [0.2, 0.25) is 5.91 Å². The Labute approximate surface area is 121 Å². The highest BCUT2D eigenvalue weighted by molar-refractivity contribution is 5.95. The Hall–Kier alpha value is -1.39. The van der Waals surface area contributed by atoms with Crippen LogP contribution in [-0.4, -0.2) is 29.9 Å². The summed E-state index contributed by atoms with van der Waals surface area (Å²) in [6.45, 7) is 8.87. The number of hydrogen-bond donors (Lipinski definition) is 2. The Bertz CT molecular complexity index is 484. The molecule has 0 bridgehead atoms. The van der Waals surface area contributed by atoms with Crippen molar-refractivity contribution in [2.24, 2.45) is 11.1 Å². The van der Waals surface area contributed by atoms with Gasteiger partial charge in [0.15, 0.2) is 0 Å². The van der Waals surface area contributed by atoms with Gasteiger partial charge in [-0.05, 0) is 36.9 Å². The molecule has 1 amide bonds. The number of amides is 1. The Balaban J connectivity index is 2.01. The average molecular weight is 275 g/mol. The van der Waals surface area contributed by atoms with Crippen LogP contribution in [0.2, 0.25) is 0 Å². The van der Waals surface area contributed by atoms with Gasteiger partial charge in [-0.2, -0.15) is 0 Å². The molecule has 0 spiro atoms. The molecule has 1 aromatic carbocycles. The molecule has 110 valence electrons. The minimum atomic E-state index is -0.109. The Kier molecular flexibility index (Phi) is 4.45. The second-order valence-electron chi connectivity index (χ2n) is 6.41. The van der Waals surface area contributed by atoms with Crippen molar-refractivity contribution in [3.63, 3.8) is 0 Å². The summed E-state index contributed by atoms with van der Waals surface area (Å²) in [7, 11) is 0. The Morgan fingerprint density at radius 1 is 1.45 bits per heavy atom. The van der Waals surface area contributed by atoms with Gasteiger partial charge in [-0.25, -0.2) is 0 Å². The minimum absolute atomic E-state index is 0.0450. The Morgan fingerprint density at radius 3 is 2.75 bits per heavy atom. The first-order chi connectivity index (χ1) is 9.43. The summed E-state index contributed by atoms with van der Waals surface area (Å²) >= 11 is 0. The first-order valence-electron chi connectivity index (χ1n) is 7.26. The number of benzene rings is 1. The van der Waals surface area contributed by atoms with E-state index in [-0.39, 0.29) is 11.9 Å². The number of anilines is 1. The molecule has 1 fully saturated rings. The molecule has 1 aliphatic heterocycles. The quantitative estimate of drug-likeness (QED) is 0.885. The van der Waals surface area contributed by atoms with Crippen molar-refractivity contribution in [1.29, 1.82) is 0 Å². The maximum absolute atomic E-state index is 12.4. The van der Waals surface area contributed by atoms with E-state index in [0.29, 0.717) is 12.0 Å². The summed E-state index contributed by atoms with van der Waals surface area (Å²) in [5, 5.41) is 3.00. The molecule has 0 aliphatic carbocycles. The van der Waals surface area contributed by atoms with E-state index in [1.54, 1.807) is 0 Å². The van der Waals surface area contributed by atoms with E-state index < -0.39 is 0 Å². The molecule has 0 aromatic heterocycles. The number of rotatable bonds is 4. The van der Waals surface area contributed by atoms with E-state index in [0.717, 1.165) is 30.8 Å². The molecule has 1 unspecified atom stereocenters. The van der Waals surface area contributed by atoms with Gasteiger partial charge in [-0.15, -0.1) is 0 Å². The smallest absolute Gasteiger partial charge is 0.241 e. The predicted molar refractivity (Wildman–Crippen MR) is 82.4 cm³/mol. The van der Waals surface area contributed by atoms with Gasteiger partial charge in [-0.3, -0.25) is 9.69 Å². The highest BCUT2D eigenvalue weighted by Crippen LogP contribution is 2.30. The monoisotopic (exact) mass is 275 g/mol. The molecule has 1 atom stereocenters. The van der Waals surface area contributed by atoms with Gasteiger partial charge in [0, 0.05) is 18.8 Å². The van der Waals surface area contributed by atoms with Crippen LogP contribution in [0.5, 0.6) is 0 Å². The first-order valence-corrected chi connectivity index (χ1v) is 7.26. The summed E-state index contributed by atoms with van der Waals surface area (Å²) < 4.78 is 0. The zero-order valence-electron chi connectivity index (χ0n) is 12.6. The maximum Gasteiger partial charge on any atom is 0.241 e. The van der Waals surface area contributed by atoms with Crippen molar-refractivity contribution in [3.05, 3.63) is 29.8 Å². The van der Waals surface area contributed by atoms with Crippen molar-refractivity contribution < 1.29 is 4.79 Å². The van der Waals surface area contributed by atoms with Crippen molar-refractivity contribution in [2.75, 3.05) is 18.4 Å². The number of likely N-dealkylation sites (tertiary alicyclic amines) is 1. The number of hydrogen-bond acceptors (Lipinski definition) is 3. The maximum atomic E-state index is 12.4. The van der Waals surface area contributed by atoms with Gasteiger partial charge in [-0.1, -0.05) is 32.0 Å². The molecule has 1 saturated heterocycles. The fourth-order valence-electron chi connectivity index (χ4n) is 2.71. The molecule has 0 radical (unpaired) electrons. The third-order valence-corrected chi connectivity index (χ3v) is 4.13. The van der Waals surface area contributed by atoms with Crippen molar-refractivity contribution >= 4 is 11.6 Å². The minimum Gasteiger partial charge on any atom is -0.326 e. The summed E-state index contributed by atoms with van der Waals surface area (Å²) in [6, 6.07) is 7.59. The van der Waals surface area contributed by atoms with Gasteiger partial charge in [0.05, 0.1) is 6.04 Å². The van der Waals surface area contributed by atoms with Crippen LogP contribution < -0.4 is 11.1 Å². The van der Waals surface area contributed by atoms with Crippen LogP contribution in [0.4, 0.5) is 5.69 Å². The van der Waals surface area contributed by atoms with Gasteiger partial charge < -0.3 is 11.1 Å². The number of nitrogens with one attached hydrogen (secondary N) is 1. The van der Waals surface area contributed by atoms with Gasteiger partial charge in [0.25, 0.3) is 0 Å². The van der Waals surface area contributed by atoms with Crippen LogP contribution >= 0.6 is 0 Å². The van der Waals surface area contributed by atoms with Gasteiger partial charge >= 0.3 is 0 Å². The van der Waals surface area contributed by atoms with Crippen molar-refractivity contribution in [1.82, 2.24) is 4.90 Å². The fourth-order valence-corrected chi connectivity index (χ4v) is 2.71. The number of carbonyl (C=O) groups excluding carboxylic acids is 1. The third kappa shape index (κ3) is 3.38. The molecule has 4 heteroatoms. The molecule has 0 saturated carbocycles. The zero-order chi connectivity index (χ0) is 14.8. The second-order valence-corrected chi connectivity index (χ2v) is 6.41. The van der Waals surface area contributed by atoms with Crippen molar-refractivity contribution in [3.8, 4) is 0 Å². The molecule has 2 rings (SSSR count). The molecule has 4 nitrogen and oxygen atoms in total. The van der Waals surface area contributed by atoms with E-state index in [4.69, 9.17) is 5.73 Å². The van der Waals surface area contributed by atoms with Gasteiger partial charge in [0.1, 0.15) is 0 Å². The van der Waals surface area contributed by atoms with Crippen LogP contribution in [0.3, 0.4) is 0 Å². The normalized spacial score (nSPS) is 19.8. The fraction of sp³-hybridized carbons (Fsp3) is 0.562. The molecule has 1 heterocycles. The standard InChI is InChI=1S/C16H25N3O/c1-12(19-9-8-16(2,3)11-19)15(20)18-14-7-5-4-6-13(14)10-17/h4-7,12H,8-11,17H2,1-3H3,(H,18,20). The van der Waals surface area contributed by atoms with Crippen LogP contribution in [-0.2, 0) is 11.3 Å². The summed E-state index contributed by atoms with van der Waals surface area (Å²) in [6.07, 6.45) is 1.14. The molecule has 1 aliphatic rings. The highest BCUT2D eigenvalue weighted by atomic mass is 16.2. The molecular formula is C16H25N3O. The molecular weight excluding hydrogens is 250 g/mol.